The first-order valence-electron chi connectivity index (χ1n) is 7.80. The number of nitro benzene ring substituents is 1. The summed E-state index contributed by atoms with van der Waals surface area (Å²) < 4.78 is 10.9. The van der Waals surface area contributed by atoms with Gasteiger partial charge in [0.05, 0.1) is 23.7 Å². The molecule has 1 aliphatic heterocycles. The second-order valence-corrected chi connectivity index (χ2v) is 5.70. The van der Waals surface area contributed by atoms with Crippen LogP contribution in [-0.4, -0.2) is 35.1 Å². The van der Waals surface area contributed by atoms with Gasteiger partial charge in [-0.25, -0.2) is 4.98 Å². The van der Waals surface area contributed by atoms with Gasteiger partial charge < -0.3 is 14.8 Å². The first kappa shape index (κ1) is 16.8. The number of ether oxygens (including phenoxy) is 2. The van der Waals surface area contributed by atoms with Gasteiger partial charge in [0, 0.05) is 36.5 Å². The summed E-state index contributed by atoms with van der Waals surface area (Å²) in [5, 5.41) is 13.5. The summed E-state index contributed by atoms with van der Waals surface area (Å²) in [6.45, 7) is 2.92. The smallest absolute Gasteiger partial charge is 0.269 e. The molecule has 0 saturated carbocycles. The van der Waals surface area contributed by atoms with E-state index < -0.39 is 4.92 Å². The SMILES string of the molecule is Cc1cc([N+](=O)[O-])ccc1NC(=O)c1ccc(OC2CCOC2)nc1. The molecule has 1 aromatic heterocycles. The molecule has 1 atom stereocenters. The lowest BCUT2D eigenvalue weighted by atomic mass is 10.1. The molecule has 1 N–H and O–H groups in total. The summed E-state index contributed by atoms with van der Waals surface area (Å²) in [5.41, 5.74) is 1.47. The highest BCUT2D eigenvalue weighted by atomic mass is 16.6. The molecule has 1 fully saturated rings. The van der Waals surface area contributed by atoms with Crippen LogP contribution in [-0.2, 0) is 4.74 Å². The predicted octanol–water partition coefficient (Wildman–Crippen LogP) is 2.72. The summed E-state index contributed by atoms with van der Waals surface area (Å²) in [6.07, 6.45) is 2.25. The molecule has 2 aromatic rings. The van der Waals surface area contributed by atoms with E-state index in [1.807, 2.05) is 0 Å². The summed E-state index contributed by atoms with van der Waals surface area (Å²) in [4.78, 5) is 26.7. The fourth-order valence-corrected chi connectivity index (χ4v) is 2.46. The third-order valence-electron chi connectivity index (χ3n) is 3.84. The zero-order valence-electron chi connectivity index (χ0n) is 13.6. The van der Waals surface area contributed by atoms with Crippen molar-refractivity contribution < 1.29 is 19.2 Å². The fourth-order valence-electron chi connectivity index (χ4n) is 2.46. The van der Waals surface area contributed by atoms with Crippen molar-refractivity contribution in [2.45, 2.75) is 19.4 Å². The van der Waals surface area contributed by atoms with Crippen molar-refractivity contribution in [1.29, 1.82) is 0 Å². The number of hydrogen-bond acceptors (Lipinski definition) is 6. The molecule has 0 radical (unpaired) electrons. The van der Waals surface area contributed by atoms with Crippen molar-refractivity contribution in [2.24, 2.45) is 0 Å². The van der Waals surface area contributed by atoms with Crippen molar-refractivity contribution in [1.82, 2.24) is 4.98 Å². The number of amides is 1. The Kier molecular flexibility index (Phi) is 4.90. The number of benzene rings is 1. The monoisotopic (exact) mass is 343 g/mol. The first-order valence-corrected chi connectivity index (χ1v) is 7.80. The minimum absolute atomic E-state index is 0.00469. The normalized spacial score (nSPS) is 16.4. The Morgan fingerprint density at radius 1 is 1.40 bits per heavy atom. The maximum absolute atomic E-state index is 12.3. The minimum Gasteiger partial charge on any atom is -0.472 e. The van der Waals surface area contributed by atoms with Crippen LogP contribution in [0.25, 0.3) is 0 Å². The maximum atomic E-state index is 12.3. The number of nitro groups is 1. The van der Waals surface area contributed by atoms with Crippen LogP contribution in [0, 0.1) is 17.0 Å². The summed E-state index contributed by atoms with van der Waals surface area (Å²) in [7, 11) is 0. The average Bonchev–Trinajstić information content (AvgIpc) is 3.10. The molecule has 1 aliphatic rings. The van der Waals surface area contributed by atoms with Crippen LogP contribution in [0.5, 0.6) is 5.88 Å². The molecule has 8 heteroatoms. The van der Waals surface area contributed by atoms with Gasteiger partial charge in [-0.3, -0.25) is 14.9 Å². The molecule has 1 amide bonds. The quantitative estimate of drug-likeness (QED) is 0.661. The fraction of sp³-hybridized carbons (Fsp3) is 0.294. The lowest BCUT2D eigenvalue weighted by molar-refractivity contribution is -0.384. The van der Waals surface area contributed by atoms with Crippen molar-refractivity contribution in [2.75, 3.05) is 18.5 Å². The number of aromatic nitrogens is 1. The lowest BCUT2D eigenvalue weighted by Gasteiger charge is -2.11. The summed E-state index contributed by atoms with van der Waals surface area (Å²) >= 11 is 0. The molecular formula is C17H17N3O5. The van der Waals surface area contributed by atoms with Crippen molar-refractivity contribution >= 4 is 17.3 Å². The number of aryl methyl sites for hydroxylation is 1. The van der Waals surface area contributed by atoms with E-state index in [-0.39, 0.29) is 17.7 Å². The Bertz CT molecular complexity index is 785. The number of carbonyl (C=O) groups excluding carboxylic acids is 1. The maximum Gasteiger partial charge on any atom is 0.269 e. The number of nitrogens with zero attached hydrogens (tertiary/aromatic N) is 2. The van der Waals surface area contributed by atoms with E-state index in [1.165, 1.54) is 24.4 Å². The number of carbonyl (C=O) groups is 1. The Labute approximate surface area is 143 Å². The van der Waals surface area contributed by atoms with Gasteiger partial charge >= 0.3 is 0 Å². The topological polar surface area (TPSA) is 104 Å². The molecule has 1 saturated heterocycles. The largest absolute Gasteiger partial charge is 0.472 e. The molecule has 8 nitrogen and oxygen atoms in total. The second kappa shape index (κ2) is 7.27. The van der Waals surface area contributed by atoms with E-state index in [4.69, 9.17) is 9.47 Å². The molecule has 0 spiro atoms. The van der Waals surface area contributed by atoms with Crippen LogP contribution < -0.4 is 10.1 Å². The molecule has 0 bridgehead atoms. The zero-order valence-corrected chi connectivity index (χ0v) is 13.6. The Balaban J connectivity index is 1.65. The van der Waals surface area contributed by atoms with Gasteiger partial charge in [0.25, 0.3) is 11.6 Å². The molecule has 25 heavy (non-hydrogen) atoms. The molecule has 1 unspecified atom stereocenters. The van der Waals surface area contributed by atoms with Gasteiger partial charge in [0.1, 0.15) is 6.10 Å². The zero-order chi connectivity index (χ0) is 17.8. The third kappa shape index (κ3) is 4.10. The number of nitrogens with one attached hydrogen (secondary N) is 1. The van der Waals surface area contributed by atoms with Crippen LogP contribution in [0.1, 0.15) is 22.3 Å². The Hall–Kier alpha value is -3.00. The van der Waals surface area contributed by atoms with Gasteiger partial charge in [-0.1, -0.05) is 0 Å². The van der Waals surface area contributed by atoms with Crippen molar-refractivity contribution in [3.63, 3.8) is 0 Å². The highest BCUT2D eigenvalue weighted by Gasteiger charge is 2.18. The summed E-state index contributed by atoms with van der Waals surface area (Å²) in [6, 6.07) is 7.52. The van der Waals surface area contributed by atoms with Gasteiger partial charge in [-0.05, 0) is 24.6 Å². The van der Waals surface area contributed by atoms with E-state index in [0.29, 0.717) is 35.9 Å². The van der Waals surface area contributed by atoms with Crippen molar-refractivity contribution in [3.05, 3.63) is 57.8 Å². The van der Waals surface area contributed by atoms with Gasteiger partial charge in [0.15, 0.2) is 0 Å². The number of hydrogen-bond donors (Lipinski definition) is 1. The molecule has 130 valence electrons. The minimum atomic E-state index is -0.476. The molecular weight excluding hydrogens is 326 g/mol. The van der Waals surface area contributed by atoms with Gasteiger partial charge in [-0.15, -0.1) is 0 Å². The lowest BCUT2D eigenvalue weighted by Crippen LogP contribution is -2.17. The standard InChI is InChI=1S/C17H17N3O5/c1-11-8-13(20(22)23)3-4-15(11)19-17(21)12-2-5-16(18-9-12)25-14-6-7-24-10-14/h2-5,8-9,14H,6-7,10H2,1H3,(H,19,21). The van der Waals surface area contributed by atoms with Gasteiger partial charge in [0.2, 0.25) is 5.88 Å². The van der Waals surface area contributed by atoms with E-state index in [0.717, 1.165) is 6.42 Å². The van der Waals surface area contributed by atoms with Crippen LogP contribution in [0.15, 0.2) is 36.5 Å². The van der Waals surface area contributed by atoms with E-state index >= 15 is 0 Å². The highest BCUT2D eigenvalue weighted by Crippen LogP contribution is 2.22. The number of pyridine rings is 1. The molecule has 3 rings (SSSR count). The predicted molar refractivity (Wildman–Crippen MR) is 89.9 cm³/mol. The Morgan fingerprint density at radius 3 is 2.84 bits per heavy atom. The second-order valence-electron chi connectivity index (χ2n) is 5.70. The first-order chi connectivity index (χ1) is 12.0. The van der Waals surface area contributed by atoms with Crippen LogP contribution in [0.4, 0.5) is 11.4 Å². The number of anilines is 1. The van der Waals surface area contributed by atoms with Crippen LogP contribution in [0.3, 0.4) is 0 Å². The van der Waals surface area contributed by atoms with Crippen LogP contribution >= 0.6 is 0 Å². The Morgan fingerprint density at radius 2 is 2.24 bits per heavy atom. The van der Waals surface area contributed by atoms with Crippen LogP contribution in [0.2, 0.25) is 0 Å². The highest BCUT2D eigenvalue weighted by molar-refractivity contribution is 6.04. The average molecular weight is 343 g/mol. The van der Waals surface area contributed by atoms with E-state index in [1.54, 1.807) is 19.1 Å². The number of rotatable bonds is 5. The van der Waals surface area contributed by atoms with E-state index in [9.17, 15) is 14.9 Å². The van der Waals surface area contributed by atoms with Gasteiger partial charge in [-0.2, -0.15) is 0 Å². The summed E-state index contributed by atoms with van der Waals surface area (Å²) in [5.74, 6) is 0.0961. The molecule has 2 heterocycles. The molecule has 1 aromatic carbocycles. The number of non-ortho nitro benzene ring substituents is 1. The van der Waals surface area contributed by atoms with E-state index in [2.05, 4.69) is 10.3 Å². The molecule has 0 aliphatic carbocycles. The van der Waals surface area contributed by atoms with Crippen molar-refractivity contribution in [3.8, 4) is 5.88 Å². The third-order valence-corrected chi connectivity index (χ3v) is 3.84.